The summed E-state index contributed by atoms with van der Waals surface area (Å²) in [7, 11) is 1.87. The first kappa shape index (κ1) is 10.6. The van der Waals surface area contributed by atoms with Gasteiger partial charge in [0.15, 0.2) is 0 Å². The Morgan fingerprint density at radius 3 is 2.67 bits per heavy atom. The second-order valence-electron chi connectivity index (χ2n) is 4.30. The van der Waals surface area contributed by atoms with Gasteiger partial charge in [0.05, 0.1) is 22.4 Å². The van der Waals surface area contributed by atoms with Crippen LogP contribution in [0.15, 0.2) is 23.0 Å². The van der Waals surface area contributed by atoms with Gasteiger partial charge >= 0.3 is 5.69 Å². The van der Waals surface area contributed by atoms with Crippen molar-refractivity contribution in [1.82, 2.24) is 19.5 Å². The average molecular weight is 243 g/mol. The molecule has 0 atom stereocenters. The number of anilines is 1. The van der Waals surface area contributed by atoms with Crippen molar-refractivity contribution in [3.05, 3.63) is 34.4 Å². The van der Waals surface area contributed by atoms with E-state index < -0.39 is 0 Å². The zero-order chi connectivity index (χ0) is 12.9. The molecule has 2 heterocycles. The molecule has 3 rings (SSSR count). The fourth-order valence-corrected chi connectivity index (χ4v) is 2.24. The molecule has 4 N–H and O–H groups in total. The number of nitrogens with two attached hydrogens (primary N) is 1. The number of hydrogen-bond acceptors (Lipinski definition) is 3. The van der Waals surface area contributed by atoms with E-state index in [0.717, 1.165) is 28.0 Å². The van der Waals surface area contributed by atoms with E-state index in [9.17, 15) is 4.79 Å². The fraction of sp³-hybridized carbons (Fsp3) is 0.167. The molecule has 0 bridgehead atoms. The van der Waals surface area contributed by atoms with E-state index in [1.807, 2.05) is 36.7 Å². The molecule has 0 radical (unpaired) electrons. The lowest BCUT2D eigenvalue weighted by Gasteiger charge is -2.04. The maximum atomic E-state index is 11.2. The van der Waals surface area contributed by atoms with Crippen LogP contribution in [-0.4, -0.2) is 19.5 Å². The van der Waals surface area contributed by atoms with Crippen molar-refractivity contribution < 1.29 is 0 Å². The molecule has 0 saturated heterocycles. The third-order valence-electron chi connectivity index (χ3n) is 3.09. The number of H-pyrrole nitrogens is 2. The number of fused-ring (bicyclic) bond motifs is 1. The Kier molecular flexibility index (Phi) is 2.07. The summed E-state index contributed by atoms with van der Waals surface area (Å²) in [5.74, 6) is 0.477. The number of nitrogen functional groups attached to an aromatic ring is 1. The van der Waals surface area contributed by atoms with Crippen LogP contribution in [0.5, 0.6) is 0 Å². The summed E-state index contributed by atoms with van der Waals surface area (Å²) < 4.78 is 1.83. The number of aromatic amines is 2. The zero-order valence-electron chi connectivity index (χ0n) is 10.1. The van der Waals surface area contributed by atoms with Crippen LogP contribution in [0.1, 0.15) is 5.69 Å². The normalized spacial score (nSPS) is 11.2. The minimum atomic E-state index is -0.205. The molecule has 6 heteroatoms. The highest BCUT2D eigenvalue weighted by atomic mass is 16.1. The fourth-order valence-electron chi connectivity index (χ4n) is 2.24. The van der Waals surface area contributed by atoms with Gasteiger partial charge in [-0.2, -0.15) is 0 Å². The molecule has 2 aromatic heterocycles. The van der Waals surface area contributed by atoms with Crippen molar-refractivity contribution in [2.75, 3.05) is 5.73 Å². The van der Waals surface area contributed by atoms with Gasteiger partial charge in [-0.15, -0.1) is 0 Å². The summed E-state index contributed by atoms with van der Waals surface area (Å²) in [5.41, 5.74) is 9.94. The summed E-state index contributed by atoms with van der Waals surface area (Å²) in [5, 5.41) is 0. The Labute approximate surface area is 102 Å². The lowest BCUT2D eigenvalue weighted by atomic mass is 10.1. The smallest absolute Gasteiger partial charge is 0.323 e. The molecule has 0 fully saturated rings. The van der Waals surface area contributed by atoms with Gasteiger partial charge in [-0.3, -0.25) is 0 Å². The first-order chi connectivity index (χ1) is 8.56. The van der Waals surface area contributed by atoms with Crippen molar-refractivity contribution >= 4 is 17.0 Å². The van der Waals surface area contributed by atoms with Crippen LogP contribution in [0.25, 0.3) is 22.3 Å². The summed E-state index contributed by atoms with van der Waals surface area (Å²) >= 11 is 0. The van der Waals surface area contributed by atoms with Gasteiger partial charge in [-0.05, 0) is 19.1 Å². The minimum absolute atomic E-state index is 0.205. The summed E-state index contributed by atoms with van der Waals surface area (Å²) in [6.07, 6.45) is 0. The Morgan fingerprint density at radius 2 is 2.00 bits per heavy atom. The molecular weight excluding hydrogens is 230 g/mol. The largest absolute Gasteiger partial charge is 0.369 e. The predicted molar refractivity (Wildman–Crippen MR) is 70.3 cm³/mol. The Hall–Kier alpha value is -2.50. The van der Waals surface area contributed by atoms with E-state index in [-0.39, 0.29) is 5.69 Å². The standard InChI is InChI=1S/C12H13N5O/c1-6-10(17(2)11(13)14-6)7-3-4-8-9(5-7)16-12(18)15-8/h3-5H,1-2H3,(H2,13,14)(H2,15,16,18). The molecular formula is C12H13N5O. The Balaban J connectivity index is 2.28. The van der Waals surface area contributed by atoms with E-state index in [1.54, 1.807) is 0 Å². The maximum Gasteiger partial charge on any atom is 0.323 e. The van der Waals surface area contributed by atoms with E-state index >= 15 is 0 Å². The molecule has 0 saturated carbocycles. The lowest BCUT2D eigenvalue weighted by Crippen LogP contribution is -1.99. The second-order valence-corrected chi connectivity index (χ2v) is 4.30. The number of rotatable bonds is 1. The number of hydrogen-bond donors (Lipinski definition) is 3. The molecule has 1 aromatic carbocycles. The number of nitrogens with zero attached hydrogens (tertiary/aromatic N) is 2. The molecule has 3 aromatic rings. The van der Waals surface area contributed by atoms with Gasteiger partial charge in [0, 0.05) is 12.6 Å². The van der Waals surface area contributed by atoms with Gasteiger partial charge in [0.1, 0.15) is 0 Å². The van der Waals surface area contributed by atoms with Gasteiger partial charge in [-0.25, -0.2) is 9.78 Å². The minimum Gasteiger partial charge on any atom is -0.369 e. The zero-order valence-corrected chi connectivity index (χ0v) is 10.1. The van der Waals surface area contributed by atoms with Crippen molar-refractivity contribution in [2.24, 2.45) is 7.05 Å². The monoisotopic (exact) mass is 243 g/mol. The first-order valence-electron chi connectivity index (χ1n) is 5.57. The molecule has 92 valence electrons. The summed E-state index contributed by atoms with van der Waals surface area (Å²) in [4.78, 5) is 20.9. The molecule has 0 aliphatic carbocycles. The van der Waals surface area contributed by atoms with Gasteiger partial charge < -0.3 is 20.3 Å². The van der Waals surface area contributed by atoms with Crippen LogP contribution in [-0.2, 0) is 7.05 Å². The van der Waals surface area contributed by atoms with Crippen LogP contribution >= 0.6 is 0 Å². The Morgan fingerprint density at radius 1 is 1.28 bits per heavy atom. The average Bonchev–Trinajstić information content (AvgIpc) is 2.78. The van der Waals surface area contributed by atoms with Crippen LogP contribution in [0, 0.1) is 6.92 Å². The number of aromatic nitrogens is 4. The molecule has 0 aliphatic heterocycles. The third-order valence-corrected chi connectivity index (χ3v) is 3.09. The van der Waals surface area contributed by atoms with E-state index in [2.05, 4.69) is 15.0 Å². The first-order valence-corrected chi connectivity index (χ1v) is 5.57. The highest BCUT2D eigenvalue weighted by molar-refractivity contribution is 5.81. The van der Waals surface area contributed by atoms with Crippen LogP contribution in [0.2, 0.25) is 0 Å². The van der Waals surface area contributed by atoms with Crippen LogP contribution in [0.3, 0.4) is 0 Å². The second kappa shape index (κ2) is 3.49. The van der Waals surface area contributed by atoms with Crippen molar-refractivity contribution in [3.8, 4) is 11.3 Å². The number of benzene rings is 1. The topological polar surface area (TPSA) is 92.5 Å². The van der Waals surface area contributed by atoms with Crippen LogP contribution < -0.4 is 11.4 Å². The number of aryl methyl sites for hydroxylation is 1. The van der Waals surface area contributed by atoms with Gasteiger partial charge in [0.2, 0.25) is 5.95 Å². The molecule has 0 aliphatic rings. The highest BCUT2D eigenvalue weighted by Gasteiger charge is 2.12. The summed E-state index contributed by atoms with van der Waals surface area (Å²) in [6, 6.07) is 5.72. The molecule has 18 heavy (non-hydrogen) atoms. The molecule has 6 nitrogen and oxygen atoms in total. The highest BCUT2D eigenvalue weighted by Crippen LogP contribution is 2.26. The predicted octanol–water partition coefficient (Wildman–Crippen LogP) is 1.15. The van der Waals surface area contributed by atoms with Crippen molar-refractivity contribution in [3.63, 3.8) is 0 Å². The van der Waals surface area contributed by atoms with Gasteiger partial charge in [-0.1, -0.05) is 6.07 Å². The molecule has 0 spiro atoms. The van der Waals surface area contributed by atoms with Crippen molar-refractivity contribution in [1.29, 1.82) is 0 Å². The number of nitrogens with one attached hydrogen (secondary N) is 2. The maximum absolute atomic E-state index is 11.2. The van der Waals surface area contributed by atoms with E-state index in [1.165, 1.54) is 0 Å². The molecule has 0 amide bonds. The van der Waals surface area contributed by atoms with Crippen molar-refractivity contribution in [2.45, 2.75) is 6.92 Å². The summed E-state index contributed by atoms with van der Waals surface area (Å²) in [6.45, 7) is 1.91. The lowest BCUT2D eigenvalue weighted by molar-refractivity contribution is 0.938. The molecule has 0 unspecified atom stereocenters. The number of imidazole rings is 2. The van der Waals surface area contributed by atoms with E-state index in [0.29, 0.717) is 5.95 Å². The quantitative estimate of drug-likeness (QED) is 0.598. The third kappa shape index (κ3) is 1.42. The van der Waals surface area contributed by atoms with E-state index in [4.69, 9.17) is 5.73 Å². The Bertz CT molecular complexity index is 793. The SMILES string of the molecule is Cc1nc(N)n(C)c1-c1ccc2[nH]c(=O)[nH]c2c1. The van der Waals surface area contributed by atoms with Gasteiger partial charge in [0.25, 0.3) is 0 Å². The van der Waals surface area contributed by atoms with Crippen LogP contribution in [0.4, 0.5) is 5.95 Å².